The van der Waals surface area contributed by atoms with E-state index in [1.165, 1.54) is 32.9 Å². The van der Waals surface area contributed by atoms with Crippen LogP contribution in [-0.2, 0) is 0 Å². The molecule has 1 aromatic heterocycles. The fourth-order valence-corrected chi connectivity index (χ4v) is 6.11. The highest BCUT2D eigenvalue weighted by Crippen LogP contribution is 2.40. The Kier molecular flexibility index (Phi) is 8.04. The number of anilines is 5. The number of rotatable bonds is 9. The molecule has 0 aliphatic carbocycles. The zero-order valence-electron chi connectivity index (χ0n) is 25.8. The van der Waals surface area contributed by atoms with E-state index in [-0.39, 0.29) is 0 Å². The van der Waals surface area contributed by atoms with E-state index in [0.717, 1.165) is 34.1 Å². The van der Waals surface area contributed by atoms with E-state index in [2.05, 4.69) is 174 Å². The normalized spacial score (nSPS) is 11.7. The third-order valence-electron chi connectivity index (χ3n) is 8.29. The van der Waals surface area contributed by atoms with E-state index in [4.69, 9.17) is 0 Å². The van der Waals surface area contributed by atoms with Crippen LogP contribution in [0.5, 0.6) is 0 Å². The van der Waals surface area contributed by atoms with Gasteiger partial charge in [0, 0.05) is 44.9 Å². The molecular formula is C43H35N3. The molecule has 7 aromatic rings. The molecule has 222 valence electrons. The van der Waals surface area contributed by atoms with Crippen molar-refractivity contribution in [2.75, 3.05) is 10.2 Å². The molecule has 0 aliphatic heterocycles. The lowest BCUT2D eigenvalue weighted by atomic mass is 10.0. The second-order valence-corrected chi connectivity index (χ2v) is 11.1. The average molecular weight is 594 g/mol. The van der Waals surface area contributed by atoms with Crippen LogP contribution < -0.4 is 10.2 Å². The number of allylic oxidation sites excluding steroid dienone is 5. The Morgan fingerprint density at radius 2 is 1.15 bits per heavy atom. The van der Waals surface area contributed by atoms with Gasteiger partial charge in [-0.3, -0.25) is 0 Å². The summed E-state index contributed by atoms with van der Waals surface area (Å²) in [7, 11) is 0. The maximum atomic E-state index is 3.87. The lowest BCUT2D eigenvalue weighted by Crippen LogP contribution is -2.09. The molecule has 0 radical (unpaired) electrons. The maximum Gasteiger partial charge on any atom is 0.0542 e. The van der Waals surface area contributed by atoms with Gasteiger partial charge in [-0.05, 0) is 96.9 Å². The van der Waals surface area contributed by atoms with E-state index in [1.54, 1.807) is 0 Å². The van der Waals surface area contributed by atoms with Gasteiger partial charge in [-0.15, -0.1) is 0 Å². The Balaban J connectivity index is 1.27. The molecule has 0 amide bonds. The van der Waals surface area contributed by atoms with Crippen molar-refractivity contribution in [1.29, 1.82) is 0 Å². The fourth-order valence-electron chi connectivity index (χ4n) is 6.11. The minimum absolute atomic E-state index is 1.07. The van der Waals surface area contributed by atoms with Crippen molar-refractivity contribution in [3.63, 3.8) is 0 Å². The first kappa shape index (κ1) is 28.7. The summed E-state index contributed by atoms with van der Waals surface area (Å²) in [4.78, 5) is 2.33. The summed E-state index contributed by atoms with van der Waals surface area (Å²) < 4.78 is 2.33. The lowest BCUT2D eigenvalue weighted by Gasteiger charge is -2.26. The molecule has 46 heavy (non-hydrogen) atoms. The summed E-state index contributed by atoms with van der Waals surface area (Å²) in [5.41, 5.74) is 11.3. The number of para-hydroxylation sites is 3. The maximum absolute atomic E-state index is 3.87. The predicted octanol–water partition coefficient (Wildman–Crippen LogP) is 12.3. The highest BCUT2D eigenvalue weighted by atomic mass is 15.1. The van der Waals surface area contributed by atoms with Gasteiger partial charge in [0.2, 0.25) is 0 Å². The number of hydrogen-bond acceptors (Lipinski definition) is 2. The van der Waals surface area contributed by atoms with Gasteiger partial charge < -0.3 is 14.8 Å². The van der Waals surface area contributed by atoms with Crippen molar-refractivity contribution in [3.05, 3.63) is 183 Å². The minimum Gasteiger partial charge on any atom is -0.356 e. The van der Waals surface area contributed by atoms with Crippen LogP contribution >= 0.6 is 0 Å². The molecule has 6 aromatic carbocycles. The highest BCUT2D eigenvalue weighted by molar-refractivity contribution is 6.11. The first-order chi connectivity index (χ1) is 22.7. The summed E-state index contributed by atoms with van der Waals surface area (Å²) in [6, 6.07) is 53.7. The Bertz CT molecular complexity index is 2170. The SMILES string of the molecule is C=C/C=C\C(=C/C)n1c2ccccc2c2cc(N(c3ccccc3)c3ccc(-c4ccc(Nc5ccccc5)cc4)cc3)ccc21. The quantitative estimate of drug-likeness (QED) is 0.168. The topological polar surface area (TPSA) is 20.2 Å². The molecule has 0 saturated heterocycles. The van der Waals surface area contributed by atoms with Crippen LogP contribution in [0, 0.1) is 0 Å². The van der Waals surface area contributed by atoms with Crippen LogP contribution in [0.25, 0.3) is 38.6 Å². The van der Waals surface area contributed by atoms with Crippen molar-refractivity contribution >= 4 is 55.9 Å². The van der Waals surface area contributed by atoms with E-state index < -0.39 is 0 Å². The zero-order chi connectivity index (χ0) is 31.3. The molecule has 0 atom stereocenters. The van der Waals surface area contributed by atoms with Gasteiger partial charge in [0.05, 0.1) is 11.0 Å². The zero-order valence-corrected chi connectivity index (χ0v) is 25.8. The van der Waals surface area contributed by atoms with Crippen molar-refractivity contribution in [2.24, 2.45) is 0 Å². The van der Waals surface area contributed by atoms with Gasteiger partial charge in [0.15, 0.2) is 0 Å². The van der Waals surface area contributed by atoms with Gasteiger partial charge in [-0.2, -0.15) is 0 Å². The second kappa shape index (κ2) is 12.9. The third-order valence-corrected chi connectivity index (χ3v) is 8.29. The van der Waals surface area contributed by atoms with Gasteiger partial charge >= 0.3 is 0 Å². The Morgan fingerprint density at radius 3 is 1.85 bits per heavy atom. The molecule has 3 heteroatoms. The molecule has 0 saturated carbocycles. The molecule has 0 unspecified atom stereocenters. The number of nitrogens with one attached hydrogen (secondary N) is 1. The van der Waals surface area contributed by atoms with Gasteiger partial charge in [0.25, 0.3) is 0 Å². The number of nitrogens with zero attached hydrogens (tertiary/aromatic N) is 2. The van der Waals surface area contributed by atoms with Crippen LogP contribution in [0.2, 0.25) is 0 Å². The summed E-state index contributed by atoms with van der Waals surface area (Å²) in [5, 5.41) is 5.90. The van der Waals surface area contributed by atoms with Crippen LogP contribution in [-0.4, -0.2) is 4.57 Å². The number of aromatic nitrogens is 1. The Morgan fingerprint density at radius 1 is 0.587 bits per heavy atom. The van der Waals surface area contributed by atoms with Crippen LogP contribution in [0.4, 0.5) is 28.4 Å². The monoisotopic (exact) mass is 593 g/mol. The summed E-state index contributed by atoms with van der Waals surface area (Å²) in [6.45, 7) is 5.95. The van der Waals surface area contributed by atoms with Gasteiger partial charge in [0.1, 0.15) is 0 Å². The molecule has 0 spiro atoms. The largest absolute Gasteiger partial charge is 0.356 e. The van der Waals surface area contributed by atoms with E-state index in [9.17, 15) is 0 Å². The smallest absolute Gasteiger partial charge is 0.0542 e. The molecule has 0 aliphatic rings. The molecular weight excluding hydrogens is 558 g/mol. The molecule has 0 bridgehead atoms. The van der Waals surface area contributed by atoms with Crippen LogP contribution in [0.3, 0.4) is 0 Å². The van der Waals surface area contributed by atoms with Crippen molar-refractivity contribution in [1.82, 2.24) is 4.57 Å². The second-order valence-electron chi connectivity index (χ2n) is 11.1. The third kappa shape index (κ3) is 5.62. The average Bonchev–Trinajstić information content (AvgIpc) is 3.44. The van der Waals surface area contributed by atoms with E-state index >= 15 is 0 Å². The minimum atomic E-state index is 1.07. The summed E-state index contributed by atoms with van der Waals surface area (Å²) in [5.74, 6) is 0. The molecule has 7 rings (SSSR count). The van der Waals surface area contributed by atoms with Crippen LogP contribution in [0.15, 0.2) is 183 Å². The van der Waals surface area contributed by atoms with Crippen molar-refractivity contribution < 1.29 is 0 Å². The molecule has 3 nitrogen and oxygen atoms in total. The fraction of sp³-hybridized carbons (Fsp3) is 0.0233. The number of benzene rings is 6. The number of hydrogen-bond donors (Lipinski definition) is 1. The van der Waals surface area contributed by atoms with Crippen molar-refractivity contribution in [3.8, 4) is 11.1 Å². The van der Waals surface area contributed by atoms with E-state index in [0.29, 0.717) is 0 Å². The lowest BCUT2D eigenvalue weighted by molar-refractivity contribution is 1.23. The first-order valence-corrected chi connectivity index (χ1v) is 15.6. The van der Waals surface area contributed by atoms with Gasteiger partial charge in [-0.1, -0.05) is 104 Å². The Hall–Kier alpha value is -6.06. The van der Waals surface area contributed by atoms with E-state index in [1.807, 2.05) is 30.4 Å². The van der Waals surface area contributed by atoms with Crippen LogP contribution in [0.1, 0.15) is 6.92 Å². The number of fused-ring (bicyclic) bond motifs is 3. The highest BCUT2D eigenvalue weighted by Gasteiger charge is 2.17. The Labute approximate surface area is 270 Å². The molecule has 1 N–H and O–H groups in total. The standard InChI is InChI=1S/C43H35N3/c1-3-5-16-36(4-2)46-42-20-13-12-19-40(42)41-31-39(29-30-43(41)46)45(37-17-10-7-11-18-37)38-27-23-33(24-28-38)32-21-25-35(26-22-32)44-34-14-8-6-9-15-34/h3-31,44H,1H2,2H3/b16-5-,36-4+. The molecule has 0 fully saturated rings. The van der Waals surface area contributed by atoms with Crippen molar-refractivity contribution in [2.45, 2.75) is 6.92 Å². The summed E-state index contributed by atoms with van der Waals surface area (Å²) >= 11 is 0. The first-order valence-electron chi connectivity index (χ1n) is 15.6. The molecule has 1 heterocycles. The van der Waals surface area contributed by atoms with Gasteiger partial charge in [-0.25, -0.2) is 0 Å². The predicted molar refractivity (Wildman–Crippen MR) is 199 cm³/mol. The summed E-state index contributed by atoms with van der Waals surface area (Å²) in [6.07, 6.45) is 8.06.